The summed E-state index contributed by atoms with van der Waals surface area (Å²) in [6, 6.07) is 5.52. The average molecular weight is 393 g/mol. The fraction of sp³-hybridized carbons (Fsp3) is 0.353. The zero-order chi connectivity index (χ0) is 20.0. The molecule has 1 aromatic carbocycles. The number of anilines is 2. The van der Waals surface area contributed by atoms with Crippen LogP contribution in [0, 0.1) is 5.92 Å². The van der Waals surface area contributed by atoms with Crippen molar-refractivity contribution in [2.75, 3.05) is 11.5 Å². The summed E-state index contributed by atoms with van der Waals surface area (Å²) in [4.78, 5) is 36.2. The van der Waals surface area contributed by atoms with E-state index in [1.165, 1.54) is 0 Å². The molecular formula is C17H21ClN6O3. The van der Waals surface area contributed by atoms with E-state index in [4.69, 9.17) is 27.8 Å². The fourth-order valence-electron chi connectivity index (χ4n) is 2.29. The quantitative estimate of drug-likeness (QED) is 0.602. The van der Waals surface area contributed by atoms with E-state index in [9.17, 15) is 9.59 Å². The van der Waals surface area contributed by atoms with E-state index in [0.29, 0.717) is 17.0 Å². The minimum atomic E-state index is -0.829. The van der Waals surface area contributed by atoms with Crippen molar-refractivity contribution in [2.24, 2.45) is 5.92 Å². The smallest absolute Gasteiger partial charge is 0.329 e. The molecule has 2 aromatic rings. The Hall–Kier alpha value is -2.94. The second kappa shape index (κ2) is 9.13. The first-order valence-electron chi connectivity index (χ1n) is 8.23. The standard InChI is InChI=1S/C17H21ClN6O3/c1-9(2)7-12(21-14(25)10-3-5-11(18)6-4-10)15(26)27-8-13-22-16(19)24-17(20)23-13/h3-6,9,12H,7-8H2,1-2H3,(H,21,25)(H4,19,20,22,23,24)/t12-/m1/s1. The highest BCUT2D eigenvalue weighted by molar-refractivity contribution is 6.30. The molecule has 0 aliphatic carbocycles. The second-order valence-corrected chi connectivity index (χ2v) is 6.67. The lowest BCUT2D eigenvalue weighted by atomic mass is 10.0. The Morgan fingerprint density at radius 1 is 1.11 bits per heavy atom. The molecule has 1 heterocycles. The first-order chi connectivity index (χ1) is 12.7. The number of benzene rings is 1. The molecule has 9 nitrogen and oxygen atoms in total. The molecule has 0 aliphatic heterocycles. The van der Waals surface area contributed by atoms with E-state index in [0.717, 1.165) is 0 Å². The van der Waals surface area contributed by atoms with Gasteiger partial charge in [-0.1, -0.05) is 25.4 Å². The van der Waals surface area contributed by atoms with Crippen molar-refractivity contribution in [1.82, 2.24) is 20.3 Å². The molecule has 0 radical (unpaired) electrons. The van der Waals surface area contributed by atoms with E-state index in [1.54, 1.807) is 24.3 Å². The first-order valence-corrected chi connectivity index (χ1v) is 8.61. The third-order valence-electron chi connectivity index (χ3n) is 3.46. The molecule has 5 N–H and O–H groups in total. The van der Waals surface area contributed by atoms with Gasteiger partial charge < -0.3 is 21.5 Å². The number of carbonyl (C=O) groups is 2. The van der Waals surface area contributed by atoms with Gasteiger partial charge in [-0.25, -0.2) is 4.79 Å². The number of ether oxygens (including phenoxy) is 1. The van der Waals surface area contributed by atoms with Crippen molar-refractivity contribution >= 4 is 35.4 Å². The molecule has 0 aliphatic rings. The summed E-state index contributed by atoms with van der Waals surface area (Å²) in [5, 5.41) is 3.20. The Balaban J connectivity index is 2.04. The van der Waals surface area contributed by atoms with Crippen molar-refractivity contribution in [3.05, 3.63) is 40.7 Å². The number of nitrogen functional groups attached to an aromatic ring is 2. The van der Waals surface area contributed by atoms with Crippen LogP contribution in [0.2, 0.25) is 5.02 Å². The summed E-state index contributed by atoms with van der Waals surface area (Å²) in [6.07, 6.45) is 0.402. The average Bonchev–Trinajstić information content (AvgIpc) is 2.58. The number of amides is 1. The van der Waals surface area contributed by atoms with Gasteiger partial charge in [-0.05, 0) is 36.6 Å². The molecule has 0 saturated carbocycles. The molecule has 0 unspecified atom stereocenters. The number of rotatable bonds is 7. The van der Waals surface area contributed by atoms with Gasteiger partial charge in [0.2, 0.25) is 11.9 Å². The van der Waals surface area contributed by atoms with Gasteiger partial charge in [0.05, 0.1) is 0 Å². The predicted molar refractivity (Wildman–Crippen MR) is 101 cm³/mol. The van der Waals surface area contributed by atoms with Crippen LogP contribution in [0.3, 0.4) is 0 Å². The van der Waals surface area contributed by atoms with Gasteiger partial charge in [0.1, 0.15) is 6.04 Å². The Kier molecular flexibility index (Phi) is 6.89. The van der Waals surface area contributed by atoms with E-state index in [-0.39, 0.29) is 30.2 Å². The van der Waals surface area contributed by atoms with Crippen molar-refractivity contribution in [1.29, 1.82) is 0 Å². The Morgan fingerprint density at radius 2 is 1.70 bits per heavy atom. The molecule has 1 atom stereocenters. The Labute approximate surface area is 161 Å². The summed E-state index contributed by atoms with van der Waals surface area (Å²) < 4.78 is 5.22. The first kappa shape index (κ1) is 20.4. The monoisotopic (exact) mass is 392 g/mol. The fourth-order valence-corrected chi connectivity index (χ4v) is 2.41. The molecule has 144 valence electrons. The number of hydrogen-bond acceptors (Lipinski definition) is 8. The van der Waals surface area contributed by atoms with E-state index >= 15 is 0 Å². The third-order valence-corrected chi connectivity index (χ3v) is 3.72. The Morgan fingerprint density at radius 3 is 2.26 bits per heavy atom. The lowest BCUT2D eigenvalue weighted by Gasteiger charge is -2.19. The van der Waals surface area contributed by atoms with Crippen LogP contribution in [0.5, 0.6) is 0 Å². The zero-order valence-electron chi connectivity index (χ0n) is 15.0. The summed E-state index contributed by atoms with van der Waals surface area (Å²) >= 11 is 5.82. The number of aromatic nitrogens is 3. The third kappa shape index (κ3) is 6.37. The highest BCUT2D eigenvalue weighted by Crippen LogP contribution is 2.12. The topological polar surface area (TPSA) is 146 Å². The number of nitrogens with one attached hydrogen (secondary N) is 1. The highest BCUT2D eigenvalue weighted by atomic mass is 35.5. The maximum Gasteiger partial charge on any atom is 0.329 e. The normalized spacial score (nSPS) is 11.9. The number of halogens is 1. The van der Waals surface area contributed by atoms with Gasteiger partial charge >= 0.3 is 5.97 Å². The van der Waals surface area contributed by atoms with Crippen LogP contribution in [-0.4, -0.2) is 32.9 Å². The lowest BCUT2D eigenvalue weighted by molar-refractivity contribution is -0.148. The van der Waals surface area contributed by atoms with Crippen LogP contribution < -0.4 is 16.8 Å². The predicted octanol–water partition coefficient (Wildman–Crippen LogP) is 1.58. The lowest BCUT2D eigenvalue weighted by Crippen LogP contribution is -2.42. The summed E-state index contributed by atoms with van der Waals surface area (Å²) in [7, 11) is 0. The Bertz CT molecular complexity index is 793. The van der Waals surface area contributed by atoms with Crippen molar-refractivity contribution in [2.45, 2.75) is 32.9 Å². The summed E-state index contributed by atoms with van der Waals surface area (Å²) in [6.45, 7) is 3.63. The van der Waals surface area contributed by atoms with Gasteiger partial charge in [-0.2, -0.15) is 15.0 Å². The van der Waals surface area contributed by atoms with E-state index < -0.39 is 17.9 Å². The molecule has 0 fully saturated rings. The van der Waals surface area contributed by atoms with Crippen LogP contribution in [0.15, 0.2) is 24.3 Å². The molecule has 1 aromatic heterocycles. The van der Waals surface area contributed by atoms with E-state index in [2.05, 4.69) is 20.3 Å². The maximum atomic E-state index is 12.5. The van der Waals surface area contributed by atoms with Crippen LogP contribution in [0.1, 0.15) is 36.5 Å². The molecule has 1 amide bonds. The van der Waals surface area contributed by atoms with Crippen molar-refractivity contribution < 1.29 is 14.3 Å². The molecule has 0 bridgehead atoms. The van der Waals surface area contributed by atoms with Crippen LogP contribution in [0.4, 0.5) is 11.9 Å². The van der Waals surface area contributed by atoms with Crippen molar-refractivity contribution in [3.63, 3.8) is 0 Å². The van der Waals surface area contributed by atoms with Gasteiger partial charge in [-0.15, -0.1) is 0 Å². The van der Waals surface area contributed by atoms with Crippen LogP contribution in [-0.2, 0) is 16.1 Å². The van der Waals surface area contributed by atoms with Gasteiger partial charge in [0.15, 0.2) is 12.4 Å². The zero-order valence-corrected chi connectivity index (χ0v) is 15.7. The number of hydrogen-bond donors (Lipinski definition) is 3. The summed E-state index contributed by atoms with van der Waals surface area (Å²) in [5.41, 5.74) is 11.4. The second-order valence-electron chi connectivity index (χ2n) is 6.24. The summed E-state index contributed by atoms with van der Waals surface area (Å²) in [5.74, 6) is -0.865. The van der Waals surface area contributed by atoms with Crippen LogP contribution >= 0.6 is 11.6 Å². The SMILES string of the molecule is CC(C)C[C@@H](NC(=O)c1ccc(Cl)cc1)C(=O)OCc1nc(N)nc(N)n1. The number of nitrogens with two attached hydrogens (primary N) is 2. The molecule has 2 rings (SSSR count). The maximum absolute atomic E-state index is 12.5. The molecule has 10 heteroatoms. The molecule has 0 saturated heterocycles. The molecule has 27 heavy (non-hydrogen) atoms. The minimum Gasteiger partial charge on any atom is -0.456 e. The number of carbonyl (C=O) groups excluding carboxylic acids is 2. The number of nitrogens with zero attached hydrogens (tertiary/aromatic N) is 3. The van der Waals surface area contributed by atoms with Gasteiger partial charge in [0, 0.05) is 10.6 Å². The molecular weight excluding hydrogens is 372 g/mol. The van der Waals surface area contributed by atoms with Gasteiger partial charge in [0.25, 0.3) is 5.91 Å². The largest absolute Gasteiger partial charge is 0.456 e. The number of esters is 1. The highest BCUT2D eigenvalue weighted by Gasteiger charge is 2.24. The van der Waals surface area contributed by atoms with E-state index in [1.807, 2.05) is 13.8 Å². The van der Waals surface area contributed by atoms with Gasteiger partial charge in [-0.3, -0.25) is 4.79 Å². The minimum absolute atomic E-state index is 0.0664. The molecule has 0 spiro atoms. The van der Waals surface area contributed by atoms with Crippen LogP contribution in [0.25, 0.3) is 0 Å². The van der Waals surface area contributed by atoms with Crippen molar-refractivity contribution in [3.8, 4) is 0 Å².